The van der Waals surface area contributed by atoms with Crippen molar-refractivity contribution in [3.63, 3.8) is 0 Å². The number of thiazole rings is 1. The molecule has 0 aromatic carbocycles. The third kappa shape index (κ3) is 3.69. The molecule has 9 heteroatoms. The van der Waals surface area contributed by atoms with Crippen LogP contribution in [0, 0.1) is 0 Å². The summed E-state index contributed by atoms with van der Waals surface area (Å²) in [5.74, 6) is 0.0312. The van der Waals surface area contributed by atoms with Crippen LogP contribution in [-0.2, 0) is 6.54 Å². The van der Waals surface area contributed by atoms with Crippen molar-refractivity contribution in [3.8, 4) is 0 Å². The predicted octanol–water partition coefficient (Wildman–Crippen LogP) is 2.35. The van der Waals surface area contributed by atoms with Crippen LogP contribution in [-0.4, -0.2) is 75.4 Å². The number of hydrogen-bond donors (Lipinski definition) is 0. The number of aromatic nitrogens is 3. The van der Waals surface area contributed by atoms with Gasteiger partial charge in [0.15, 0.2) is 10.7 Å². The molecule has 1 aliphatic rings. The van der Waals surface area contributed by atoms with Crippen molar-refractivity contribution in [2.45, 2.75) is 25.9 Å². The summed E-state index contributed by atoms with van der Waals surface area (Å²) in [5.41, 5.74) is 2.37. The number of carbonyl (C=O) groups is 1. The lowest BCUT2D eigenvalue weighted by Gasteiger charge is -2.24. The molecule has 0 bridgehead atoms. The van der Waals surface area contributed by atoms with Gasteiger partial charge in [0.05, 0.1) is 11.7 Å². The maximum Gasteiger partial charge on any atom is 0.274 e. The van der Waals surface area contributed by atoms with E-state index in [0.717, 1.165) is 48.9 Å². The van der Waals surface area contributed by atoms with Crippen molar-refractivity contribution in [2.75, 3.05) is 40.3 Å². The Morgan fingerprint density at radius 3 is 3.00 bits per heavy atom. The van der Waals surface area contributed by atoms with E-state index in [1.165, 1.54) is 0 Å². The number of carbonyl (C=O) groups excluding carboxylic acids is 1. The summed E-state index contributed by atoms with van der Waals surface area (Å²) in [4.78, 5) is 25.2. The van der Waals surface area contributed by atoms with Crippen molar-refractivity contribution in [2.24, 2.45) is 0 Å². The number of likely N-dealkylation sites (N-methyl/N-ethyl adjacent to an activating group) is 1. The molecule has 4 rings (SSSR count). The Morgan fingerprint density at radius 1 is 1.36 bits per heavy atom. The summed E-state index contributed by atoms with van der Waals surface area (Å²) >= 11 is 1.55. The molecule has 0 aliphatic carbocycles. The van der Waals surface area contributed by atoms with Crippen molar-refractivity contribution in [1.29, 1.82) is 0 Å². The summed E-state index contributed by atoms with van der Waals surface area (Å²) in [5, 5.41) is 6.05. The monoisotopic (exact) mass is 402 g/mol. The van der Waals surface area contributed by atoms with E-state index in [1.54, 1.807) is 17.6 Å². The van der Waals surface area contributed by atoms with E-state index < -0.39 is 0 Å². The van der Waals surface area contributed by atoms with Crippen LogP contribution >= 0.6 is 11.3 Å². The highest BCUT2D eigenvalue weighted by Crippen LogP contribution is 2.24. The quantitative estimate of drug-likeness (QED) is 0.653. The lowest BCUT2D eigenvalue weighted by molar-refractivity contribution is 0.0754. The lowest BCUT2D eigenvalue weighted by Crippen LogP contribution is -2.35. The highest BCUT2D eigenvalue weighted by Gasteiger charge is 2.27. The minimum atomic E-state index is 0.0312. The van der Waals surface area contributed by atoms with Crippen LogP contribution < -0.4 is 0 Å². The molecule has 0 spiro atoms. The van der Waals surface area contributed by atoms with Crippen LogP contribution in [0.2, 0.25) is 0 Å². The maximum absolute atomic E-state index is 13.3. The molecule has 0 radical (unpaired) electrons. The van der Waals surface area contributed by atoms with Gasteiger partial charge in [0.1, 0.15) is 12.0 Å². The van der Waals surface area contributed by atoms with Crippen molar-refractivity contribution < 1.29 is 9.32 Å². The van der Waals surface area contributed by atoms with Gasteiger partial charge in [-0.15, -0.1) is 11.3 Å². The van der Waals surface area contributed by atoms with Gasteiger partial charge in [0.25, 0.3) is 5.91 Å². The molecule has 3 aromatic heterocycles. The average molecular weight is 403 g/mol. The fraction of sp³-hybridized carbons (Fsp3) is 0.526. The second-order valence-corrected chi connectivity index (χ2v) is 8.30. The van der Waals surface area contributed by atoms with Crippen LogP contribution in [0.3, 0.4) is 0 Å². The fourth-order valence-electron chi connectivity index (χ4n) is 3.59. The first-order valence-electron chi connectivity index (χ1n) is 9.57. The molecule has 3 aromatic rings. The van der Waals surface area contributed by atoms with Gasteiger partial charge >= 0.3 is 0 Å². The Bertz CT molecular complexity index is 934. The zero-order valence-electron chi connectivity index (χ0n) is 16.5. The lowest BCUT2D eigenvalue weighted by atomic mass is 10.2. The first kappa shape index (κ1) is 19.1. The maximum atomic E-state index is 13.3. The van der Waals surface area contributed by atoms with Crippen molar-refractivity contribution in [3.05, 3.63) is 41.0 Å². The molecule has 1 fully saturated rings. The molecule has 150 valence electrons. The van der Waals surface area contributed by atoms with E-state index in [2.05, 4.69) is 33.9 Å². The van der Waals surface area contributed by atoms with Gasteiger partial charge in [-0.05, 0) is 34.0 Å². The number of hydrogen-bond acceptors (Lipinski definition) is 7. The molecule has 0 N–H and O–H groups in total. The van der Waals surface area contributed by atoms with Gasteiger partial charge in [-0.25, -0.2) is 4.98 Å². The smallest absolute Gasteiger partial charge is 0.274 e. The number of amides is 1. The van der Waals surface area contributed by atoms with Gasteiger partial charge in [0, 0.05) is 43.8 Å². The van der Waals surface area contributed by atoms with E-state index in [4.69, 9.17) is 4.52 Å². The zero-order valence-corrected chi connectivity index (χ0v) is 17.4. The molecule has 28 heavy (non-hydrogen) atoms. The predicted molar refractivity (Wildman–Crippen MR) is 107 cm³/mol. The number of fused-ring (bicyclic) bond motifs is 1. The fourth-order valence-corrected chi connectivity index (χ4v) is 4.32. The Labute approximate surface area is 168 Å². The zero-order chi connectivity index (χ0) is 19.7. The largest absolute Gasteiger partial charge is 0.364 e. The second kappa shape index (κ2) is 8.02. The van der Waals surface area contributed by atoms with Gasteiger partial charge in [0.2, 0.25) is 0 Å². The molecule has 0 unspecified atom stereocenters. The van der Waals surface area contributed by atoms with Crippen molar-refractivity contribution in [1.82, 2.24) is 29.2 Å². The van der Waals surface area contributed by atoms with E-state index in [0.29, 0.717) is 12.2 Å². The Kier molecular flexibility index (Phi) is 5.47. The van der Waals surface area contributed by atoms with Crippen LogP contribution in [0.4, 0.5) is 0 Å². The normalized spacial score (nSPS) is 17.4. The molecule has 0 saturated carbocycles. The van der Waals surface area contributed by atoms with E-state index in [-0.39, 0.29) is 11.9 Å². The SMILES string of the molecule is C[C@H](c1ccon1)N(C)Cc1c(C(=O)N2CCCN(C)CC2)nc2sccn12. The number of rotatable bonds is 5. The van der Waals surface area contributed by atoms with Crippen LogP contribution in [0.1, 0.15) is 41.3 Å². The first-order valence-corrected chi connectivity index (χ1v) is 10.5. The summed E-state index contributed by atoms with van der Waals surface area (Å²) in [6.07, 6.45) is 4.56. The summed E-state index contributed by atoms with van der Waals surface area (Å²) in [6.45, 7) is 6.11. The van der Waals surface area contributed by atoms with E-state index >= 15 is 0 Å². The molecule has 1 atom stereocenters. The highest BCUT2D eigenvalue weighted by molar-refractivity contribution is 7.15. The van der Waals surface area contributed by atoms with Crippen LogP contribution in [0.5, 0.6) is 0 Å². The average Bonchev–Trinajstić information content (AvgIpc) is 3.39. The van der Waals surface area contributed by atoms with Crippen LogP contribution in [0.25, 0.3) is 4.96 Å². The van der Waals surface area contributed by atoms with Gasteiger partial charge in [-0.1, -0.05) is 5.16 Å². The molecular formula is C19H26N6O2S. The topological polar surface area (TPSA) is 70.1 Å². The second-order valence-electron chi connectivity index (χ2n) is 7.43. The third-order valence-electron chi connectivity index (χ3n) is 5.52. The van der Waals surface area contributed by atoms with Crippen molar-refractivity contribution >= 4 is 22.2 Å². The summed E-state index contributed by atoms with van der Waals surface area (Å²) in [7, 11) is 4.13. The first-order chi connectivity index (χ1) is 13.5. The standard InChI is InChI=1S/C19H26N6O2S/c1-14(15-5-11-27-21-15)23(3)13-16-17(20-19-25(16)10-12-28-19)18(26)24-7-4-6-22(2)8-9-24/h5,10-12,14H,4,6-9,13H2,1-3H3/t14-/m1/s1. The van der Waals surface area contributed by atoms with Gasteiger partial charge < -0.3 is 14.3 Å². The Morgan fingerprint density at radius 2 is 2.21 bits per heavy atom. The minimum Gasteiger partial charge on any atom is -0.364 e. The molecule has 1 aliphatic heterocycles. The molecular weight excluding hydrogens is 376 g/mol. The summed E-state index contributed by atoms with van der Waals surface area (Å²) in [6, 6.07) is 1.94. The molecule has 1 amide bonds. The number of imidazole rings is 1. The van der Waals surface area contributed by atoms with Gasteiger partial charge in [-0.2, -0.15) is 0 Å². The van der Waals surface area contributed by atoms with E-state index in [9.17, 15) is 4.79 Å². The van der Waals surface area contributed by atoms with E-state index in [1.807, 2.05) is 34.0 Å². The minimum absolute atomic E-state index is 0.0312. The molecule has 4 heterocycles. The number of nitrogens with zero attached hydrogens (tertiary/aromatic N) is 6. The molecule has 1 saturated heterocycles. The van der Waals surface area contributed by atoms with Crippen LogP contribution in [0.15, 0.2) is 28.4 Å². The summed E-state index contributed by atoms with van der Waals surface area (Å²) < 4.78 is 7.02. The third-order valence-corrected chi connectivity index (χ3v) is 6.27. The highest BCUT2D eigenvalue weighted by atomic mass is 32.1. The molecule has 8 nitrogen and oxygen atoms in total. The van der Waals surface area contributed by atoms with Gasteiger partial charge in [-0.3, -0.25) is 14.1 Å². The Balaban J connectivity index is 1.60. The Hall–Kier alpha value is -2.23.